The molecular formula is C52H68O6. The number of hydrogen-bond acceptors (Lipinski definition) is 6. The van der Waals surface area contributed by atoms with Crippen LogP contribution in [0.15, 0.2) is 48.5 Å². The van der Waals surface area contributed by atoms with Crippen LogP contribution in [-0.4, -0.2) is 52.9 Å². The average molecular weight is 789 g/mol. The Kier molecular flexibility index (Phi) is 11.8. The Bertz CT molecular complexity index is 1830. The molecule has 12 bridgehead atoms. The van der Waals surface area contributed by atoms with Gasteiger partial charge in [0.05, 0.1) is 26.4 Å². The zero-order valence-corrected chi connectivity index (χ0v) is 37.6. The number of ether oxygens (including phenoxy) is 6. The number of rotatable bonds is 0. The molecule has 6 heteroatoms. The zero-order valence-electron chi connectivity index (χ0n) is 37.6. The summed E-state index contributed by atoms with van der Waals surface area (Å²) < 4.78 is 39.9. The van der Waals surface area contributed by atoms with Gasteiger partial charge in [-0.2, -0.15) is 0 Å². The smallest absolute Gasteiger partial charge is 0.126 e. The van der Waals surface area contributed by atoms with E-state index in [-0.39, 0.29) is 21.7 Å². The molecular weight excluding hydrogens is 721 g/mol. The summed E-state index contributed by atoms with van der Waals surface area (Å²) in [6.45, 7) is 31.4. The molecule has 4 aromatic rings. The molecule has 6 nitrogen and oxygen atoms in total. The van der Waals surface area contributed by atoms with Crippen molar-refractivity contribution in [2.45, 2.75) is 130 Å². The van der Waals surface area contributed by atoms with E-state index in [1.54, 1.807) is 0 Å². The maximum absolute atomic E-state index is 6.90. The summed E-state index contributed by atoms with van der Waals surface area (Å²) in [6.07, 6.45) is 2.63. The molecule has 0 amide bonds. The van der Waals surface area contributed by atoms with E-state index in [4.69, 9.17) is 28.4 Å². The van der Waals surface area contributed by atoms with Crippen molar-refractivity contribution < 1.29 is 28.4 Å². The van der Waals surface area contributed by atoms with Gasteiger partial charge in [-0.05, 0) is 88.4 Å². The number of benzene rings is 4. The van der Waals surface area contributed by atoms with E-state index in [1.165, 1.54) is 22.3 Å². The highest BCUT2D eigenvalue weighted by Gasteiger charge is 2.29. The van der Waals surface area contributed by atoms with Crippen LogP contribution < -0.4 is 18.9 Å². The van der Waals surface area contributed by atoms with Crippen molar-refractivity contribution in [1.82, 2.24) is 0 Å². The molecule has 0 aromatic heterocycles. The summed E-state index contributed by atoms with van der Waals surface area (Å²) in [5, 5.41) is 0. The first-order valence-electron chi connectivity index (χ1n) is 21.6. The molecule has 312 valence electrons. The van der Waals surface area contributed by atoms with Crippen LogP contribution in [0.5, 0.6) is 23.0 Å². The molecule has 2 aliphatic heterocycles. The first kappa shape index (κ1) is 42.1. The Morgan fingerprint density at radius 1 is 0.276 bits per heavy atom. The highest BCUT2D eigenvalue weighted by molar-refractivity contribution is 5.60. The molecule has 0 unspecified atom stereocenters. The lowest BCUT2D eigenvalue weighted by Crippen LogP contribution is -2.20. The fourth-order valence-electron chi connectivity index (χ4n) is 8.38. The fraction of sp³-hybridized carbons (Fsp3) is 0.538. The molecule has 0 saturated carbocycles. The molecule has 58 heavy (non-hydrogen) atoms. The predicted molar refractivity (Wildman–Crippen MR) is 235 cm³/mol. The summed E-state index contributed by atoms with van der Waals surface area (Å²) >= 11 is 0. The van der Waals surface area contributed by atoms with Crippen LogP contribution in [0, 0.1) is 0 Å². The lowest BCUT2D eigenvalue weighted by Gasteiger charge is -2.30. The van der Waals surface area contributed by atoms with Gasteiger partial charge < -0.3 is 28.4 Å². The molecule has 0 saturated heterocycles. The molecule has 0 atom stereocenters. The van der Waals surface area contributed by atoms with E-state index in [9.17, 15) is 0 Å². The van der Waals surface area contributed by atoms with Gasteiger partial charge in [-0.25, -0.2) is 0 Å². The third-order valence-corrected chi connectivity index (χ3v) is 11.9. The largest absolute Gasteiger partial charge is 0.491 e. The molecule has 2 heterocycles. The van der Waals surface area contributed by atoms with Crippen LogP contribution in [0.25, 0.3) is 0 Å². The van der Waals surface area contributed by atoms with E-state index < -0.39 is 0 Å². The van der Waals surface area contributed by atoms with Gasteiger partial charge in [0, 0.05) is 25.7 Å². The molecule has 0 radical (unpaired) electrons. The van der Waals surface area contributed by atoms with Gasteiger partial charge >= 0.3 is 0 Å². The summed E-state index contributed by atoms with van der Waals surface area (Å²) in [5.41, 5.74) is 14.0. The molecule has 1 aliphatic carbocycles. The Labute approximate surface area is 348 Å². The maximum atomic E-state index is 6.90. The summed E-state index contributed by atoms with van der Waals surface area (Å²) in [6, 6.07) is 19.0. The third kappa shape index (κ3) is 9.39. The van der Waals surface area contributed by atoms with Crippen molar-refractivity contribution in [1.29, 1.82) is 0 Å². The minimum absolute atomic E-state index is 0.0953. The van der Waals surface area contributed by atoms with Crippen LogP contribution in [0.2, 0.25) is 0 Å². The number of hydrogen-bond donors (Lipinski definition) is 0. The van der Waals surface area contributed by atoms with Crippen molar-refractivity contribution >= 4 is 0 Å². The lowest BCUT2D eigenvalue weighted by atomic mass is 9.79. The van der Waals surface area contributed by atoms with E-state index in [2.05, 4.69) is 132 Å². The molecule has 7 rings (SSSR count). The lowest BCUT2D eigenvalue weighted by molar-refractivity contribution is 0.0744. The van der Waals surface area contributed by atoms with Crippen molar-refractivity contribution in [2.24, 2.45) is 0 Å². The van der Waals surface area contributed by atoms with Crippen LogP contribution >= 0.6 is 0 Å². The van der Waals surface area contributed by atoms with Crippen molar-refractivity contribution in [3.63, 3.8) is 0 Å². The van der Waals surface area contributed by atoms with Crippen molar-refractivity contribution in [3.05, 3.63) is 115 Å². The van der Waals surface area contributed by atoms with E-state index in [0.717, 1.165) is 67.5 Å². The van der Waals surface area contributed by atoms with Gasteiger partial charge in [0.15, 0.2) is 0 Å². The zero-order chi connectivity index (χ0) is 41.6. The van der Waals surface area contributed by atoms with E-state index in [1.807, 2.05) is 0 Å². The second-order valence-corrected chi connectivity index (χ2v) is 20.8. The van der Waals surface area contributed by atoms with Gasteiger partial charge in [0.1, 0.15) is 49.4 Å². The Morgan fingerprint density at radius 3 is 0.603 bits per heavy atom. The fourth-order valence-corrected chi connectivity index (χ4v) is 8.38. The Balaban J connectivity index is 1.63. The van der Waals surface area contributed by atoms with Crippen molar-refractivity contribution in [2.75, 3.05) is 52.9 Å². The predicted octanol–water partition coefficient (Wildman–Crippen LogP) is 11.1. The Morgan fingerprint density at radius 2 is 0.448 bits per heavy atom. The van der Waals surface area contributed by atoms with Crippen LogP contribution in [0.3, 0.4) is 0 Å². The molecule has 0 fully saturated rings. The van der Waals surface area contributed by atoms with Gasteiger partial charge in [-0.3, -0.25) is 0 Å². The van der Waals surface area contributed by atoms with Gasteiger partial charge in [0.25, 0.3) is 0 Å². The Hall–Kier alpha value is -4.00. The summed E-state index contributed by atoms with van der Waals surface area (Å²) in [7, 11) is 0. The highest BCUT2D eigenvalue weighted by atomic mass is 16.6. The topological polar surface area (TPSA) is 55.4 Å². The molecule has 0 N–H and O–H groups in total. The normalized spacial score (nSPS) is 16.9. The van der Waals surface area contributed by atoms with Crippen molar-refractivity contribution in [3.8, 4) is 23.0 Å². The van der Waals surface area contributed by atoms with Gasteiger partial charge in [0.2, 0.25) is 0 Å². The van der Waals surface area contributed by atoms with Gasteiger partial charge in [-0.1, -0.05) is 132 Å². The molecule has 0 spiro atoms. The van der Waals surface area contributed by atoms with E-state index in [0.29, 0.717) is 78.5 Å². The second kappa shape index (κ2) is 16.2. The quantitative estimate of drug-likeness (QED) is 0.156. The van der Waals surface area contributed by atoms with Crippen LogP contribution in [0.4, 0.5) is 0 Å². The minimum atomic E-state index is -0.0953. The minimum Gasteiger partial charge on any atom is -0.491 e. The highest BCUT2D eigenvalue weighted by Crippen LogP contribution is 2.44. The standard InChI is InChI=1S/C52H68O6/c1-49(2,3)41-25-33-21-34-26-42(50(4,5)6)31-39-24-40-32-44(52(10,11)12)28-36-22-35-27-43(51(7,8)9)30-38(47(35)57-19-15-54-16-20-58-48(36)40)23-37(29-41)45(33)55-17-13-53-14-18-56-46(34)39/h25-32H,13-24H2,1-12H3. The summed E-state index contributed by atoms with van der Waals surface area (Å²) in [4.78, 5) is 0. The second-order valence-electron chi connectivity index (χ2n) is 20.8. The van der Waals surface area contributed by atoms with E-state index >= 15 is 0 Å². The maximum Gasteiger partial charge on any atom is 0.126 e. The summed E-state index contributed by atoms with van der Waals surface area (Å²) in [5.74, 6) is 3.72. The van der Waals surface area contributed by atoms with Crippen LogP contribution in [-0.2, 0) is 56.8 Å². The van der Waals surface area contributed by atoms with Crippen LogP contribution in [0.1, 0.15) is 150 Å². The molecule has 4 aromatic carbocycles. The SMILES string of the molecule is CC(C)(C)c1cc2c3c(c1)Cc1cc(C(C)(C)C)cc4c1OCCOCCOc1c(cc(C(C)(C)C)cc1Cc1cc(C(C)(C)C)cc(c1OCCOCCO3)C2)C4. The van der Waals surface area contributed by atoms with Gasteiger partial charge in [-0.15, -0.1) is 0 Å². The first-order chi connectivity index (χ1) is 27.3. The first-order valence-corrected chi connectivity index (χ1v) is 21.6. The average Bonchev–Trinajstić information content (AvgIpc) is 3.10. The monoisotopic (exact) mass is 789 g/mol. The third-order valence-electron chi connectivity index (χ3n) is 11.9. The molecule has 3 aliphatic rings.